The molecule has 0 aliphatic heterocycles. The van der Waals surface area contributed by atoms with Crippen molar-refractivity contribution < 1.29 is 62.4 Å². The van der Waals surface area contributed by atoms with Gasteiger partial charge in [-0.2, -0.15) is 0 Å². The van der Waals surface area contributed by atoms with Gasteiger partial charge in [0, 0.05) is 12.8 Å². The maximum absolute atomic E-state index is 13.4. The minimum atomic E-state index is -2.10. The van der Waals surface area contributed by atoms with Gasteiger partial charge in [0.2, 0.25) is 5.60 Å². The van der Waals surface area contributed by atoms with E-state index >= 15 is 0 Å². The Morgan fingerprint density at radius 2 is 0.508 bits per heavy atom. The van der Waals surface area contributed by atoms with E-state index in [1.807, 2.05) is 0 Å². The molecule has 0 aliphatic rings. The van der Waals surface area contributed by atoms with Crippen molar-refractivity contribution in [3.63, 3.8) is 0 Å². The quantitative estimate of drug-likeness (QED) is 0.0439. The molecule has 13 heteroatoms. The first-order valence-corrected chi connectivity index (χ1v) is 26.6. The summed E-state index contributed by atoms with van der Waals surface area (Å²) in [6.07, 6.45) is 31.9. The van der Waals surface area contributed by atoms with E-state index < -0.39 is 17.2 Å². The predicted octanol–water partition coefficient (Wildman–Crippen LogP) is 9.96. The monoisotopic (exact) mass is 935 g/mol. The first-order chi connectivity index (χ1) is 32.0. The van der Waals surface area contributed by atoms with Crippen molar-refractivity contribution in [1.82, 2.24) is 0 Å². The molecule has 0 fully saturated rings. The summed E-state index contributed by atoms with van der Waals surface area (Å²) < 4.78 is 49.3. The molecule has 0 saturated carbocycles. The molecule has 65 heavy (non-hydrogen) atoms. The van der Waals surface area contributed by atoms with Crippen LogP contribution in [0.2, 0.25) is 0 Å². The van der Waals surface area contributed by atoms with Crippen molar-refractivity contribution >= 4 is 11.6 Å². The smallest absolute Gasteiger partial charge is 0.204 e. The molecule has 2 N–H and O–H groups in total. The number of aliphatic hydroxyl groups is 2. The highest BCUT2D eigenvalue weighted by atomic mass is 16.6. The van der Waals surface area contributed by atoms with Crippen LogP contribution in [0.25, 0.3) is 0 Å². The lowest BCUT2D eigenvalue weighted by atomic mass is 9.87. The molecular formula is C52H102O13. The standard InChI is InChI=1S/C52H102O13/c1-3-5-7-9-11-13-15-17-19-21-23-25-27-29-50(54)52(56,51(55)30-28-26-24-22-20-18-16-14-12-10-8-6-4-2)49-65-48-47-64-46-45-63-44-43-62-42-41-61-40-39-60-38-37-59-36-35-58-34-33-57-32-31-53/h53,56H,3-49H2,1-2H3. The molecule has 0 aromatic carbocycles. The van der Waals surface area contributed by atoms with Crippen LogP contribution in [0.1, 0.15) is 194 Å². The van der Waals surface area contributed by atoms with Crippen LogP contribution in [-0.2, 0) is 52.2 Å². The summed E-state index contributed by atoms with van der Waals surface area (Å²) in [4.78, 5) is 26.8. The summed E-state index contributed by atoms with van der Waals surface area (Å²) >= 11 is 0. The van der Waals surface area contributed by atoms with Crippen molar-refractivity contribution in [3.8, 4) is 0 Å². The number of unbranched alkanes of at least 4 members (excludes halogenated alkanes) is 24. The number of rotatable bonds is 58. The van der Waals surface area contributed by atoms with Crippen LogP contribution in [-0.4, -0.2) is 153 Å². The summed E-state index contributed by atoms with van der Waals surface area (Å²) in [5, 5.41) is 20.1. The fourth-order valence-electron chi connectivity index (χ4n) is 7.38. The van der Waals surface area contributed by atoms with Crippen LogP contribution in [0, 0.1) is 0 Å². The van der Waals surface area contributed by atoms with Crippen molar-refractivity contribution in [2.24, 2.45) is 0 Å². The topological polar surface area (TPSA) is 158 Å². The van der Waals surface area contributed by atoms with Crippen molar-refractivity contribution in [2.45, 2.75) is 199 Å². The Bertz CT molecular complexity index is 914. The molecule has 0 amide bonds. The van der Waals surface area contributed by atoms with Gasteiger partial charge in [0.25, 0.3) is 0 Å². The lowest BCUT2D eigenvalue weighted by Gasteiger charge is -2.25. The third-order valence-electron chi connectivity index (χ3n) is 11.5. The van der Waals surface area contributed by atoms with E-state index in [0.29, 0.717) is 112 Å². The van der Waals surface area contributed by atoms with Crippen molar-refractivity contribution in [2.75, 3.05) is 126 Å². The van der Waals surface area contributed by atoms with E-state index in [2.05, 4.69) is 13.8 Å². The number of Topliss-reactive ketones (excluding diaryl/α,β-unsaturated/α-hetero) is 2. The van der Waals surface area contributed by atoms with Crippen LogP contribution in [0.4, 0.5) is 0 Å². The summed E-state index contributed by atoms with van der Waals surface area (Å²) in [6, 6.07) is 0. The molecule has 0 unspecified atom stereocenters. The van der Waals surface area contributed by atoms with Crippen LogP contribution in [0.5, 0.6) is 0 Å². The molecule has 0 heterocycles. The Morgan fingerprint density at radius 3 is 0.738 bits per heavy atom. The Balaban J connectivity index is 4.15. The lowest BCUT2D eigenvalue weighted by molar-refractivity contribution is -0.158. The Kier molecular flexibility index (Phi) is 52.9. The average Bonchev–Trinajstić information content (AvgIpc) is 3.31. The first kappa shape index (κ1) is 63.9. The van der Waals surface area contributed by atoms with E-state index in [9.17, 15) is 14.7 Å². The van der Waals surface area contributed by atoms with Gasteiger partial charge < -0.3 is 52.8 Å². The highest BCUT2D eigenvalue weighted by Gasteiger charge is 2.42. The zero-order valence-corrected chi connectivity index (χ0v) is 42.1. The SMILES string of the molecule is CCCCCCCCCCCCCCCC(=O)C(O)(COCCOCCOCCOCCOCCOCCOCCOCCOCCO)C(=O)CCCCCCCCCCCCCCC. The van der Waals surface area contributed by atoms with E-state index in [0.717, 1.165) is 25.7 Å². The number of aliphatic hydroxyl groups excluding tert-OH is 1. The minimum Gasteiger partial charge on any atom is -0.394 e. The van der Waals surface area contributed by atoms with E-state index in [4.69, 9.17) is 47.7 Å². The maximum atomic E-state index is 13.4. The summed E-state index contributed by atoms with van der Waals surface area (Å²) in [6.45, 7) is 11.4. The van der Waals surface area contributed by atoms with E-state index in [1.54, 1.807) is 0 Å². The second-order valence-electron chi connectivity index (χ2n) is 17.4. The normalized spacial score (nSPS) is 11.9. The third-order valence-corrected chi connectivity index (χ3v) is 11.5. The van der Waals surface area contributed by atoms with E-state index in [-0.39, 0.29) is 39.3 Å². The molecule has 0 aromatic heterocycles. The van der Waals surface area contributed by atoms with Gasteiger partial charge in [0.05, 0.1) is 126 Å². The van der Waals surface area contributed by atoms with Crippen molar-refractivity contribution in [1.29, 1.82) is 0 Å². The van der Waals surface area contributed by atoms with Crippen molar-refractivity contribution in [3.05, 3.63) is 0 Å². The van der Waals surface area contributed by atoms with Gasteiger partial charge >= 0.3 is 0 Å². The number of ether oxygens (including phenoxy) is 9. The van der Waals surface area contributed by atoms with Crippen LogP contribution in [0.15, 0.2) is 0 Å². The van der Waals surface area contributed by atoms with Gasteiger partial charge in [-0.05, 0) is 12.8 Å². The fraction of sp³-hybridized carbons (Fsp3) is 0.962. The van der Waals surface area contributed by atoms with Crippen LogP contribution < -0.4 is 0 Å². The Labute approximate surface area is 397 Å². The first-order valence-electron chi connectivity index (χ1n) is 26.6. The van der Waals surface area contributed by atoms with Gasteiger partial charge in [0.1, 0.15) is 0 Å². The second-order valence-corrected chi connectivity index (χ2v) is 17.4. The molecular weight excluding hydrogens is 833 g/mol. The number of carbonyl (C=O) groups is 2. The van der Waals surface area contributed by atoms with E-state index in [1.165, 1.54) is 128 Å². The molecule has 0 spiro atoms. The molecule has 388 valence electrons. The molecule has 13 nitrogen and oxygen atoms in total. The Hall–Kier alpha value is -1.10. The fourth-order valence-corrected chi connectivity index (χ4v) is 7.38. The molecule has 0 aromatic rings. The molecule has 0 rings (SSSR count). The van der Waals surface area contributed by atoms with Gasteiger partial charge in [0.15, 0.2) is 11.6 Å². The van der Waals surface area contributed by atoms with Gasteiger partial charge in [-0.15, -0.1) is 0 Å². The van der Waals surface area contributed by atoms with Gasteiger partial charge in [-0.25, -0.2) is 0 Å². The average molecular weight is 935 g/mol. The largest absolute Gasteiger partial charge is 0.394 e. The summed E-state index contributed by atoms with van der Waals surface area (Å²) in [5.74, 6) is -0.820. The van der Waals surface area contributed by atoms with Crippen LogP contribution >= 0.6 is 0 Å². The predicted molar refractivity (Wildman–Crippen MR) is 260 cm³/mol. The number of ketones is 2. The molecule has 0 saturated heterocycles. The zero-order valence-electron chi connectivity index (χ0n) is 42.1. The Morgan fingerprint density at radius 1 is 0.308 bits per heavy atom. The minimum absolute atomic E-state index is 0.0158. The number of hydrogen-bond donors (Lipinski definition) is 2. The number of carbonyl (C=O) groups excluding carboxylic acids is 2. The molecule has 0 aliphatic carbocycles. The molecule has 0 bridgehead atoms. The van der Waals surface area contributed by atoms with Gasteiger partial charge in [-0.1, -0.05) is 168 Å². The van der Waals surface area contributed by atoms with Crippen LogP contribution in [0.3, 0.4) is 0 Å². The molecule has 0 atom stereocenters. The molecule has 0 radical (unpaired) electrons. The summed E-state index contributed by atoms with van der Waals surface area (Å²) in [5.41, 5.74) is -2.10. The second kappa shape index (κ2) is 53.8. The summed E-state index contributed by atoms with van der Waals surface area (Å²) in [7, 11) is 0. The zero-order chi connectivity index (χ0) is 47.3. The maximum Gasteiger partial charge on any atom is 0.204 e. The van der Waals surface area contributed by atoms with Gasteiger partial charge in [-0.3, -0.25) is 9.59 Å². The third kappa shape index (κ3) is 46.4. The lowest BCUT2D eigenvalue weighted by Crippen LogP contribution is -2.50. The highest BCUT2D eigenvalue weighted by Crippen LogP contribution is 2.20. The number of hydrogen-bond acceptors (Lipinski definition) is 13. The highest BCUT2D eigenvalue weighted by molar-refractivity contribution is 6.10.